The Labute approximate surface area is 168 Å². The Kier molecular flexibility index (Phi) is 5.09. The number of benzene rings is 1. The third kappa shape index (κ3) is 3.62. The highest BCUT2D eigenvalue weighted by atomic mass is 32.2. The SMILES string of the molecule is Cc1nn(-c2ccccn2)c2c1[C@@H](c1cccc(OC(C)C)c1)SCC(=O)N2. The Morgan fingerprint density at radius 2 is 2.11 bits per heavy atom. The minimum absolute atomic E-state index is 0.0258. The highest BCUT2D eigenvalue weighted by molar-refractivity contribution is 8.00. The van der Waals surface area contributed by atoms with Crippen LogP contribution in [0.25, 0.3) is 5.82 Å². The van der Waals surface area contributed by atoms with E-state index in [0.717, 1.165) is 22.6 Å². The molecule has 6 nitrogen and oxygen atoms in total. The number of amides is 1. The Morgan fingerprint density at radius 3 is 2.86 bits per heavy atom. The molecule has 2 aromatic heterocycles. The molecular formula is C21H22N4O2S. The average molecular weight is 395 g/mol. The van der Waals surface area contributed by atoms with Crippen LogP contribution in [0, 0.1) is 6.92 Å². The predicted octanol–water partition coefficient (Wildman–Crippen LogP) is 4.14. The number of hydrogen-bond acceptors (Lipinski definition) is 5. The first-order chi connectivity index (χ1) is 13.5. The molecule has 1 aliphatic heterocycles. The Hall–Kier alpha value is -2.80. The molecule has 0 aliphatic carbocycles. The monoisotopic (exact) mass is 394 g/mol. The largest absolute Gasteiger partial charge is 0.491 e. The fourth-order valence-corrected chi connectivity index (χ4v) is 4.49. The molecule has 3 aromatic rings. The van der Waals surface area contributed by atoms with Crippen LogP contribution in [0.3, 0.4) is 0 Å². The van der Waals surface area contributed by atoms with Crippen molar-refractivity contribution in [1.82, 2.24) is 14.8 Å². The summed E-state index contributed by atoms with van der Waals surface area (Å²) in [6, 6.07) is 13.7. The van der Waals surface area contributed by atoms with Crippen molar-refractivity contribution in [2.24, 2.45) is 0 Å². The number of aromatic nitrogens is 3. The van der Waals surface area contributed by atoms with Gasteiger partial charge in [-0.15, -0.1) is 11.8 Å². The van der Waals surface area contributed by atoms with Gasteiger partial charge >= 0.3 is 0 Å². The van der Waals surface area contributed by atoms with E-state index in [2.05, 4.69) is 27.5 Å². The van der Waals surface area contributed by atoms with Gasteiger partial charge in [0.25, 0.3) is 0 Å². The summed E-state index contributed by atoms with van der Waals surface area (Å²) in [5.41, 5.74) is 2.96. The molecule has 0 saturated heterocycles. The van der Waals surface area contributed by atoms with E-state index < -0.39 is 0 Å². The van der Waals surface area contributed by atoms with Gasteiger partial charge in [0, 0.05) is 11.8 Å². The fourth-order valence-electron chi connectivity index (χ4n) is 3.31. The molecule has 0 spiro atoms. The summed E-state index contributed by atoms with van der Waals surface area (Å²) < 4.78 is 7.59. The number of nitrogens with one attached hydrogen (secondary N) is 1. The Bertz CT molecular complexity index is 1000. The van der Waals surface area contributed by atoms with E-state index in [4.69, 9.17) is 4.74 Å². The Morgan fingerprint density at radius 1 is 1.25 bits per heavy atom. The van der Waals surface area contributed by atoms with Crippen molar-refractivity contribution in [2.45, 2.75) is 32.1 Å². The van der Waals surface area contributed by atoms with Crippen LogP contribution in [0.15, 0.2) is 48.7 Å². The molecule has 0 bridgehead atoms. The lowest BCUT2D eigenvalue weighted by Crippen LogP contribution is -2.16. The minimum atomic E-state index is -0.0413. The molecule has 1 amide bonds. The van der Waals surface area contributed by atoms with Gasteiger partial charge in [0.15, 0.2) is 5.82 Å². The second-order valence-electron chi connectivity index (χ2n) is 6.93. The highest BCUT2D eigenvalue weighted by Gasteiger charge is 2.31. The van der Waals surface area contributed by atoms with Crippen LogP contribution in [-0.2, 0) is 4.79 Å². The normalized spacial score (nSPS) is 16.4. The number of carbonyl (C=O) groups excluding carboxylic acids is 1. The second-order valence-corrected chi connectivity index (χ2v) is 8.02. The molecule has 0 saturated carbocycles. The molecule has 0 unspecified atom stereocenters. The molecule has 0 fully saturated rings. The lowest BCUT2D eigenvalue weighted by Gasteiger charge is -2.17. The van der Waals surface area contributed by atoms with Gasteiger partial charge in [0.2, 0.25) is 5.91 Å². The van der Waals surface area contributed by atoms with Crippen LogP contribution in [0.4, 0.5) is 5.82 Å². The topological polar surface area (TPSA) is 69.0 Å². The summed E-state index contributed by atoms with van der Waals surface area (Å²) >= 11 is 1.60. The fraction of sp³-hybridized carbons (Fsp3) is 0.286. The molecule has 1 atom stereocenters. The number of ether oxygens (including phenoxy) is 1. The number of thioether (sulfide) groups is 1. The number of rotatable bonds is 4. The summed E-state index contributed by atoms with van der Waals surface area (Å²) in [5, 5.41) is 7.68. The second kappa shape index (κ2) is 7.67. The average Bonchev–Trinajstić information content (AvgIpc) is 2.88. The third-order valence-electron chi connectivity index (χ3n) is 4.41. The van der Waals surface area contributed by atoms with Crippen LogP contribution in [0.1, 0.15) is 35.9 Å². The lowest BCUT2D eigenvalue weighted by molar-refractivity contribution is -0.113. The number of fused-ring (bicyclic) bond motifs is 1. The van der Waals surface area contributed by atoms with Gasteiger partial charge in [-0.1, -0.05) is 18.2 Å². The molecule has 0 radical (unpaired) electrons. The van der Waals surface area contributed by atoms with Crippen molar-refractivity contribution in [1.29, 1.82) is 0 Å². The maximum Gasteiger partial charge on any atom is 0.235 e. The number of nitrogens with zero attached hydrogens (tertiary/aromatic N) is 3. The summed E-state index contributed by atoms with van der Waals surface area (Å²) in [7, 11) is 0. The van der Waals surface area contributed by atoms with Crippen molar-refractivity contribution in [3.8, 4) is 11.6 Å². The number of anilines is 1. The first kappa shape index (κ1) is 18.6. The predicted molar refractivity (Wildman–Crippen MR) is 111 cm³/mol. The lowest BCUT2D eigenvalue weighted by atomic mass is 10.0. The molecule has 144 valence electrons. The van der Waals surface area contributed by atoms with Crippen LogP contribution < -0.4 is 10.1 Å². The molecule has 4 rings (SSSR count). The zero-order valence-corrected chi connectivity index (χ0v) is 16.9. The van der Waals surface area contributed by atoms with Crippen molar-refractivity contribution in [3.63, 3.8) is 0 Å². The van der Waals surface area contributed by atoms with Gasteiger partial charge in [-0.25, -0.2) is 4.98 Å². The maximum atomic E-state index is 12.4. The molecule has 7 heteroatoms. The van der Waals surface area contributed by atoms with E-state index in [1.54, 1.807) is 22.6 Å². The number of hydrogen-bond donors (Lipinski definition) is 1. The molecule has 1 aromatic carbocycles. The van der Waals surface area contributed by atoms with E-state index in [1.165, 1.54) is 0 Å². The van der Waals surface area contributed by atoms with Gasteiger partial charge in [-0.3, -0.25) is 4.79 Å². The number of pyridine rings is 1. The summed E-state index contributed by atoms with van der Waals surface area (Å²) in [6.07, 6.45) is 1.82. The summed E-state index contributed by atoms with van der Waals surface area (Å²) in [6.45, 7) is 5.99. The zero-order valence-electron chi connectivity index (χ0n) is 16.0. The van der Waals surface area contributed by atoms with Gasteiger partial charge in [0.05, 0.1) is 22.8 Å². The maximum absolute atomic E-state index is 12.4. The first-order valence-electron chi connectivity index (χ1n) is 9.22. The minimum Gasteiger partial charge on any atom is -0.491 e. The number of carbonyl (C=O) groups is 1. The van der Waals surface area contributed by atoms with Crippen molar-refractivity contribution in [2.75, 3.05) is 11.1 Å². The van der Waals surface area contributed by atoms with E-state index in [-0.39, 0.29) is 17.3 Å². The van der Waals surface area contributed by atoms with Crippen molar-refractivity contribution in [3.05, 3.63) is 65.5 Å². The van der Waals surface area contributed by atoms with E-state index >= 15 is 0 Å². The van der Waals surface area contributed by atoms with Gasteiger partial charge < -0.3 is 10.1 Å². The van der Waals surface area contributed by atoms with Gasteiger partial charge in [0.1, 0.15) is 11.6 Å². The first-order valence-corrected chi connectivity index (χ1v) is 10.3. The van der Waals surface area contributed by atoms with Gasteiger partial charge in [-0.05, 0) is 50.6 Å². The summed E-state index contributed by atoms with van der Waals surface area (Å²) in [5.74, 6) is 2.52. The smallest absolute Gasteiger partial charge is 0.235 e. The third-order valence-corrected chi connectivity index (χ3v) is 5.68. The molecule has 28 heavy (non-hydrogen) atoms. The summed E-state index contributed by atoms with van der Waals surface area (Å²) in [4.78, 5) is 16.8. The molecule has 1 N–H and O–H groups in total. The molecular weight excluding hydrogens is 372 g/mol. The van der Waals surface area contributed by atoms with Crippen molar-refractivity contribution < 1.29 is 9.53 Å². The van der Waals surface area contributed by atoms with E-state index in [9.17, 15) is 4.79 Å². The van der Waals surface area contributed by atoms with Crippen LogP contribution >= 0.6 is 11.8 Å². The zero-order chi connectivity index (χ0) is 19.7. The van der Waals surface area contributed by atoms with Crippen molar-refractivity contribution >= 4 is 23.5 Å². The van der Waals surface area contributed by atoms with E-state index in [1.807, 2.05) is 51.1 Å². The number of aryl methyl sites for hydroxylation is 1. The highest BCUT2D eigenvalue weighted by Crippen LogP contribution is 2.44. The molecule has 1 aliphatic rings. The van der Waals surface area contributed by atoms with Crippen LogP contribution in [-0.4, -0.2) is 32.5 Å². The Balaban J connectivity index is 1.82. The van der Waals surface area contributed by atoms with Crippen LogP contribution in [0.5, 0.6) is 5.75 Å². The van der Waals surface area contributed by atoms with E-state index in [0.29, 0.717) is 17.4 Å². The van der Waals surface area contributed by atoms with Crippen LogP contribution in [0.2, 0.25) is 0 Å². The molecule has 3 heterocycles. The quantitative estimate of drug-likeness (QED) is 0.720. The van der Waals surface area contributed by atoms with Gasteiger partial charge in [-0.2, -0.15) is 9.78 Å². The standard InChI is InChI=1S/C21H22N4O2S/c1-13(2)27-16-8-6-7-15(11-16)20-19-14(3)24-25(17-9-4-5-10-22-17)21(19)23-18(26)12-28-20/h4-11,13,20H,12H2,1-3H3,(H,23,26)/t20-/m1/s1.